The van der Waals surface area contributed by atoms with E-state index in [4.69, 9.17) is 0 Å². The number of nitrogens with zero attached hydrogens (tertiary/aromatic N) is 1. The van der Waals surface area contributed by atoms with Crippen LogP contribution in [0.1, 0.15) is 37.5 Å². The van der Waals surface area contributed by atoms with Crippen LogP contribution in [-0.2, 0) is 0 Å². The Hall–Kier alpha value is -2.95. The van der Waals surface area contributed by atoms with Crippen LogP contribution in [0.3, 0.4) is 0 Å². The van der Waals surface area contributed by atoms with E-state index in [9.17, 15) is 19.5 Å². The monoisotopic (exact) mass is 295 g/mol. The van der Waals surface area contributed by atoms with E-state index in [0.29, 0.717) is 16.7 Å². The molecular weight excluding hydrogens is 282 g/mol. The minimum absolute atomic E-state index is 0.00609. The van der Waals surface area contributed by atoms with Crippen LogP contribution in [-0.4, -0.2) is 34.1 Å². The van der Waals surface area contributed by atoms with Crippen molar-refractivity contribution in [3.63, 3.8) is 0 Å². The van der Waals surface area contributed by atoms with Crippen LogP contribution in [0.25, 0.3) is 0 Å². The van der Waals surface area contributed by atoms with Gasteiger partial charge in [0.15, 0.2) is 5.78 Å². The largest absolute Gasteiger partial charge is 0.508 e. The number of Topliss-reactive ketones (excluding diaryl/α,β-unsaturated/α-hetero) is 1. The Morgan fingerprint density at radius 3 is 2.18 bits per heavy atom. The smallest absolute Gasteiger partial charge is 0.261 e. The number of phenols is 1. The Morgan fingerprint density at radius 1 is 0.955 bits per heavy atom. The number of ketones is 1. The summed E-state index contributed by atoms with van der Waals surface area (Å²) >= 11 is 0. The van der Waals surface area contributed by atoms with Crippen molar-refractivity contribution < 1.29 is 19.5 Å². The fourth-order valence-corrected chi connectivity index (χ4v) is 2.48. The molecule has 0 atom stereocenters. The van der Waals surface area contributed by atoms with Gasteiger partial charge in [-0.3, -0.25) is 19.3 Å². The number of hydrogen-bond donors (Lipinski definition) is 1. The van der Waals surface area contributed by atoms with Crippen molar-refractivity contribution in [1.82, 2.24) is 4.90 Å². The molecule has 0 aromatic heterocycles. The fraction of sp³-hybridized carbons (Fsp3) is 0.118. The van der Waals surface area contributed by atoms with Crippen LogP contribution in [0.15, 0.2) is 48.5 Å². The highest BCUT2D eigenvalue weighted by Crippen LogP contribution is 2.23. The van der Waals surface area contributed by atoms with Gasteiger partial charge in [0.05, 0.1) is 11.1 Å². The second-order valence-corrected chi connectivity index (χ2v) is 5.03. The lowest BCUT2D eigenvalue weighted by atomic mass is 10.1. The molecule has 0 fully saturated rings. The third-order valence-electron chi connectivity index (χ3n) is 3.61. The number of amides is 2. The highest BCUT2D eigenvalue weighted by molar-refractivity contribution is 6.21. The lowest BCUT2D eigenvalue weighted by molar-refractivity contribution is 0.0649. The summed E-state index contributed by atoms with van der Waals surface area (Å²) in [7, 11) is 0. The summed E-state index contributed by atoms with van der Waals surface area (Å²) in [5.41, 5.74) is 1.10. The zero-order chi connectivity index (χ0) is 15.7. The Kier molecular flexibility index (Phi) is 3.47. The van der Waals surface area contributed by atoms with Gasteiger partial charge in [-0.15, -0.1) is 0 Å². The van der Waals surface area contributed by atoms with E-state index in [0.717, 1.165) is 4.90 Å². The number of phenolic OH excluding ortho intramolecular Hbond substituents is 1. The number of aromatic hydroxyl groups is 1. The van der Waals surface area contributed by atoms with E-state index in [1.165, 1.54) is 12.1 Å². The summed E-state index contributed by atoms with van der Waals surface area (Å²) in [6.07, 6.45) is 0.0227. The summed E-state index contributed by atoms with van der Waals surface area (Å²) < 4.78 is 0. The van der Waals surface area contributed by atoms with E-state index in [1.807, 2.05) is 0 Å². The maximum absolute atomic E-state index is 12.2. The van der Waals surface area contributed by atoms with Crippen molar-refractivity contribution in [2.45, 2.75) is 6.42 Å². The molecule has 0 radical (unpaired) electrons. The second kappa shape index (κ2) is 5.44. The molecule has 0 aliphatic carbocycles. The Morgan fingerprint density at radius 2 is 1.59 bits per heavy atom. The number of fused-ring (bicyclic) bond motifs is 1. The standard InChI is InChI=1S/C17H13NO4/c19-12-5-3-4-11(10-12)15(20)8-9-18-16(21)13-6-1-2-7-14(13)17(18)22/h1-7,10,19H,8-9H2. The maximum Gasteiger partial charge on any atom is 0.261 e. The summed E-state index contributed by atoms with van der Waals surface area (Å²) in [6.45, 7) is 0.0286. The number of carbonyl (C=O) groups excluding carboxylic acids is 3. The van der Waals surface area contributed by atoms with Crippen LogP contribution in [0.5, 0.6) is 5.75 Å². The first-order chi connectivity index (χ1) is 10.6. The molecule has 2 aromatic carbocycles. The van der Waals surface area contributed by atoms with Crippen molar-refractivity contribution >= 4 is 17.6 Å². The van der Waals surface area contributed by atoms with Crippen molar-refractivity contribution in [2.24, 2.45) is 0 Å². The normalized spacial score (nSPS) is 13.4. The summed E-state index contributed by atoms with van der Waals surface area (Å²) in [5.74, 6) is -0.965. The van der Waals surface area contributed by atoms with E-state index in [-0.39, 0.29) is 36.3 Å². The number of benzene rings is 2. The summed E-state index contributed by atoms with van der Waals surface area (Å²) in [6, 6.07) is 12.6. The first-order valence-electron chi connectivity index (χ1n) is 6.85. The van der Waals surface area contributed by atoms with Gasteiger partial charge in [-0.2, -0.15) is 0 Å². The highest BCUT2D eigenvalue weighted by Gasteiger charge is 2.34. The van der Waals surface area contributed by atoms with E-state index >= 15 is 0 Å². The molecule has 1 aliphatic heterocycles. The average molecular weight is 295 g/mol. The third-order valence-corrected chi connectivity index (χ3v) is 3.61. The van der Waals surface area contributed by atoms with Crippen LogP contribution in [0.4, 0.5) is 0 Å². The zero-order valence-corrected chi connectivity index (χ0v) is 11.7. The van der Waals surface area contributed by atoms with Gasteiger partial charge in [0.2, 0.25) is 0 Å². The van der Waals surface area contributed by atoms with Gasteiger partial charge in [-0.25, -0.2) is 0 Å². The fourth-order valence-electron chi connectivity index (χ4n) is 2.48. The van der Waals surface area contributed by atoms with Gasteiger partial charge in [-0.05, 0) is 24.3 Å². The second-order valence-electron chi connectivity index (χ2n) is 5.03. The van der Waals surface area contributed by atoms with Crippen molar-refractivity contribution in [1.29, 1.82) is 0 Å². The molecule has 1 aliphatic rings. The van der Waals surface area contributed by atoms with Crippen LogP contribution < -0.4 is 0 Å². The van der Waals surface area contributed by atoms with Gasteiger partial charge in [0.1, 0.15) is 5.75 Å². The molecule has 1 heterocycles. The minimum Gasteiger partial charge on any atom is -0.508 e. The molecule has 0 unspecified atom stereocenters. The predicted molar refractivity (Wildman–Crippen MR) is 78.9 cm³/mol. The Labute approximate surface area is 126 Å². The number of imide groups is 1. The predicted octanol–water partition coefficient (Wildman–Crippen LogP) is 2.26. The number of rotatable bonds is 4. The molecule has 2 aromatic rings. The van der Waals surface area contributed by atoms with Crippen molar-refractivity contribution in [3.8, 4) is 5.75 Å². The Bertz CT molecular complexity index is 747. The first-order valence-corrected chi connectivity index (χ1v) is 6.85. The number of carbonyl (C=O) groups is 3. The van der Waals surface area contributed by atoms with Crippen LogP contribution in [0, 0.1) is 0 Å². The number of hydrogen-bond acceptors (Lipinski definition) is 4. The zero-order valence-electron chi connectivity index (χ0n) is 11.7. The van der Waals surface area contributed by atoms with E-state index in [1.54, 1.807) is 36.4 Å². The van der Waals surface area contributed by atoms with Gasteiger partial charge >= 0.3 is 0 Å². The minimum atomic E-state index is -0.371. The van der Waals surface area contributed by atoms with Gasteiger partial charge in [0, 0.05) is 18.5 Å². The van der Waals surface area contributed by atoms with Gasteiger partial charge in [-0.1, -0.05) is 24.3 Å². The Balaban J connectivity index is 1.72. The molecule has 0 saturated heterocycles. The van der Waals surface area contributed by atoms with Crippen LogP contribution >= 0.6 is 0 Å². The molecule has 5 nitrogen and oxygen atoms in total. The quantitative estimate of drug-likeness (QED) is 0.693. The molecule has 5 heteroatoms. The lowest BCUT2D eigenvalue weighted by Crippen LogP contribution is -2.31. The third kappa shape index (κ3) is 2.37. The topological polar surface area (TPSA) is 74.7 Å². The summed E-state index contributed by atoms with van der Waals surface area (Å²) in [5, 5.41) is 9.37. The van der Waals surface area contributed by atoms with Gasteiger partial charge < -0.3 is 5.11 Å². The first kappa shape index (κ1) is 14.0. The average Bonchev–Trinajstić information content (AvgIpc) is 2.77. The SMILES string of the molecule is O=C(CCN1C(=O)c2ccccc2C1=O)c1cccc(O)c1. The highest BCUT2D eigenvalue weighted by atomic mass is 16.3. The van der Waals surface area contributed by atoms with Crippen molar-refractivity contribution in [2.75, 3.05) is 6.54 Å². The lowest BCUT2D eigenvalue weighted by Gasteiger charge is -2.13. The molecule has 22 heavy (non-hydrogen) atoms. The molecule has 110 valence electrons. The maximum atomic E-state index is 12.2. The van der Waals surface area contributed by atoms with Gasteiger partial charge in [0.25, 0.3) is 11.8 Å². The van der Waals surface area contributed by atoms with E-state index < -0.39 is 0 Å². The van der Waals surface area contributed by atoms with E-state index in [2.05, 4.69) is 0 Å². The van der Waals surface area contributed by atoms with Crippen LogP contribution in [0.2, 0.25) is 0 Å². The molecule has 3 rings (SSSR count). The molecule has 0 saturated carbocycles. The molecular formula is C17H13NO4. The molecule has 0 spiro atoms. The summed E-state index contributed by atoms with van der Waals surface area (Å²) in [4.78, 5) is 37.5. The molecule has 1 N–H and O–H groups in total. The van der Waals surface area contributed by atoms with Crippen molar-refractivity contribution in [3.05, 3.63) is 65.2 Å². The molecule has 2 amide bonds. The molecule has 0 bridgehead atoms.